The number of ether oxygens (including phenoxy) is 2. The highest BCUT2D eigenvalue weighted by molar-refractivity contribution is 5.89. The number of rotatable bonds is 6. The molecule has 0 spiro atoms. The van der Waals surface area contributed by atoms with Crippen LogP contribution < -0.4 is 9.47 Å². The summed E-state index contributed by atoms with van der Waals surface area (Å²) in [4.78, 5) is 0. The summed E-state index contributed by atoms with van der Waals surface area (Å²) in [6.45, 7) is 2.27. The fourth-order valence-corrected chi connectivity index (χ4v) is 4.26. The van der Waals surface area contributed by atoms with E-state index >= 15 is 0 Å². The molecule has 1 aliphatic rings. The van der Waals surface area contributed by atoms with Gasteiger partial charge in [0, 0.05) is 28.2 Å². The number of methoxy groups -OCH3 is 2. The molecule has 1 unspecified atom stereocenters. The van der Waals surface area contributed by atoms with Gasteiger partial charge in [0.05, 0.1) is 14.2 Å². The maximum Gasteiger partial charge on any atom is 0.119 e. The van der Waals surface area contributed by atoms with E-state index in [0.717, 1.165) is 17.9 Å². The van der Waals surface area contributed by atoms with Gasteiger partial charge in [-0.25, -0.2) is 0 Å². The quantitative estimate of drug-likeness (QED) is 0.509. The number of nitrogens with zero attached hydrogens (tertiary/aromatic N) is 1. The molecule has 26 heavy (non-hydrogen) atoms. The van der Waals surface area contributed by atoms with E-state index in [2.05, 4.69) is 54.0 Å². The second kappa shape index (κ2) is 7.06. The monoisotopic (exact) mass is 349 g/mol. The zero-order valence-electron chi connectivity index (χ0n) is 15.9. The van der Waals surface area contributed by atoms with Gasteiger partial charge in [-0.15, -0.1) is 0 Å². The van der Waals surface area contributed by atoms with Crippen molar-refractivity contribution in [1.82, 2.24) is 4.57 Å². The molecule has 3 heteroatoms. The molecule has 0 amide bonds. The van der Waals surface area contributed by atoms with Crippen molar-refractivity contribution in [1.29, 1.82) is 0 Å². The Labute approximate surface area is 155 Å². The first-order valence-electron chi connectivity index (χ1n) is 9.61. The largest absolute Gasteiger partial charge is 0.497 e. The van der Waals surface area contributed by atoms with Gasteiger partial charge < -0.3 is 14.0 Å². The van der Waals surface area contributed by atoms with Crippen LogP contribution in [-0.4, -0.2) is 18.8 Å². The minimum absolute atomic E-state index is 0.502. The van der Waals surface area contributed by atoms with E-state index in [0.29, 0.717) is 6.04 Å². The summed E-state index contributed by atoms with van der Waals surface area (Å²) in [5.41, 5.74) is 5.35. The van der Waals surface area contributed by atoms with Crippen LogP contribution in [0.25, 0.3) is 22.2 Å². The lowest BCUT2D eigenvalue weighted by atomic mass is 9.91. The standard InChI is InChI=1S/C23H27NO2/c1-4-5-6-7-18-12-16-13-19(25-2)8-10-21(16)23-15-17-14-20(26-3)9-11-22(17)24(18)23/h8-11,13-15,18H,4-7,12H2,1-3H3. The summed E-state index contributed by atoms with van der Waals surface area (Å²) in [6, 6.07) is 15.7. The SMILES string of the molecule is CCCCCC1Cc2cc(OC)ccc2-c2cc3cc(OC)ccc3n21. The summed E-state index contributed by atoms with van der Waals surface area (Å²) in [7, 11) is 3.47. The van der Waals surface area contributed by atoms with Gasteiger partial charge in [0.15, 0.2) is 0 Å². The van der Waals surface area contributed by atoms with Crippen LogP contribution in [0.2, 0.25) is 0 Å². The molecule has 0 saturated heterocycles. The van der Waals surface area contributed by atoms with Gasteiger partial charge in [-0.3, -0.25) is 0 Å². The Morgan fingerprint density at radius 2 is 1.73 bits per heavy atom. The third kappa shape index (κ3) is 2.86. The van der Waals surface area contributed by atoms with Crippen molar-refractivity contribution in [3.63, 3.8) is 0 Å². The van der Waals surface area contributed by atoms with Crippen LogP contribution >= 0.6 is 0 Å². The maximum absolute atomic E-state index is 5.47. The van der Waals surface area contributed by atoms with Gasteiger partial charge in [-0.2, -0.15) is 0 Å². The second-order valence-corrected chi connectivity index (χ2v) is 7.20. The Morgan fingerprint density at radius 3 is 2.50 bits per heavy atom. The summed E-state index contributed by atoms with van der Waals surface area (Å²) in [6.07, 6.45) is 6.11. The molecule has 2 heterocycles. The van der Waals surface area contributed by atoms with E-state index in [1.165, 1.54) is 53.4 Å². The highest BCUT2D eigenvalue weighted by Gasteiger charge is 2.26. The third-order valence-corrected chi connectivity index (χ3v) is 5.60. The Balaban J connectivity index is 1.85. The van der Waals surface area contributed by atoms with Crippen LogP contribution in [0.1, 0.15) is 44.2 Å². The van der Waals surface area contributed by atoms with Gasteiger partial charge >= 0.3 is 0 Å². The summed E-state index contributed by atoms with van der Waals surface area (Å²) in [5.74, 6) is 1.86. The first-order chi connectivity index (χ1) is 12.7. The average molecular weight is 349 g/mol. The molecular weight excluding hydrogens is 322 g/mol. The first kappa shape index (κ1) is 17.0. The fraction of sp³-hybridized carbons (Fsp3) is 0.391. The molecule has 1 atom stereocenters. The molecule has 0 N–H and O–H groups in total. The molecular formula is C23H27NO2. The molecule has 3 aromatic rings. The molecule has 4 rings (SSSR count). The second-order valence-electron chi connectivity index (χ2n) is 7.20. The van der Waals surface area contributed by atoms with Crippen molar-refractivity contribution >= 4 is 10.9 Å². The van der Waals surface area contributed by atoms with Crippen molar-refractivity contribution < 1.29 is 9.47 Å². The minimum atomic E-state index is 0.502. The zero-order valence-corrected chi connectivity index (χ0v) is 15.9. The van der Waals surface area contributed by atoms with E-state index in [4.69, 9.17) is 9.47 Å². The molecule has 0 aliphatic carbocycles. The van der Waals surface area contributed by atoms with Crippen molar-refractivity contribution in [3.05, 3.63) is 48.0 Å². The number of benzene rings is 2. The third-order valence-electron chi connectivity index (χ3n) is 5.60. The van der Waals surface area contributed by atoms with Crippen molar-refractivity contribution in [2.45, 2.75) is 45.1 Å². The van der Waals surface area contributed by atoms with Crippen molar-refractivity contribution in [2.75, 3.05) is 14.2 Å². The Hall–Kier alpha value is -2.42. The highest BCUT2D eigenvalue weighted by atomic mass is 16.5. The molecule has 0 radical (unpaired) electrons. The van der Waals surface area contributed by atoms with E-state index in [-0.39, 0.29) is 0 Å². The van der Waals surface area contributed by atoms with Crippen LogP contribution in [0.4, 0.5) is 0 Å². The van der Waals surface area contributed by atoms with Crippen molar-refractivity contribution in [2.24, 2.45) is 0 Å². The lowest BCUT2D eigenvalue weighted by Gasteiger charge is -2.29. The van der Waals surface area contributed by atoms with Crippen LogP contribution in [0.15, 0.2) is 42.5 Å². The number of aromatic nitrogens is 1. The number of hydrogen-bond donors (Lipinski definition) is 0. The summed E-state index contributed by atoms with van der Waals surface area (Å²) in [5, 5.41) is 1.25. The molecule has 0 bridgehead atoms. The smallest absolute Gasteiger partial charge is 0.119 e. The predicted octanol–water partition coefficient (Wildman–Crippen LogP) is 6.00. The van der Waals surface area contributed by atoms with Crippen LogP contribution in [-0.2, 0) is 6.42 Å². The van der Waals surface area contributed by atoms with E-state index in [1.807, 2.05) is 0 Å². The van der Waals surface area contributed by atoms with Gasteiger partial charge in [-0.1, -0.05) is 26.2 Å². The van der Waals surface area contributed by atoms with Gasteiger partial charge in [0.25, 0.3) is 0 Å². The molecule has 1 aliphatic heterocycles. The highest BCUT2D eigenvalue weighted by Crippen LogP contribution is 2.42. The lowest BCUT2D eigenvalue weighted by molar-refractivity contribution is 0.411. The molecule has 0 fully saturated rings. The Morgan fingerprint density at radius 1 is 0.962 bits per heavy atom. The van der Waals surface area contributed by atoms with E-state index < -0.39 is 0 Å². The van der Waals surface area contributed by atoms with E-state index in [9.17, 15) is 0 Å². The Kier molecular flexibility index (Phi) is 4.62. The summed E-state index contributed by atoms with van der Waals surface area (Å²) >= 11 is 0. The van der Waals surface area contributed by atoms with E-state index in [1.54, 1.807) is 14.2 Å². The fourth-order valence-electron chi connectivity index (χ4n) is 4.26. The molecule has 1 aromatic heterocycles. The summed E-state index contributed by atoms with van der Waals surface area (Å²) < 4.78 is 13.5. The van der Waals surface area contributed by atoms with Crippen LogP contribution in [0.3, 0.4) is 0 Å². The molecule has 3 nitrogen and oxygen atoms in total. The van der Waals surface area contributed by atoms with Crippen molar-refractivity contribution in [3.8, 4) is 22.8 Å². The minimum Gasteiger partial charge on any atom is -0.497 e. The topological polar surface area (TPSA) is 23.4 Å². The first-order valence-corrected chi connectivity index (χ1v) is 9.61. The normalized spacial score (nSPS) is 15.6. The molecule has 2 aromatic carbocycles. The number of fused-ring (bicyclic) bond motifs is 5. The number of hydrogen-bond acceptors (Lipinski definition) is 2. The van der Waals surface area contributed by atoms with Gasteiger partial charge in [0.2, 0.25) is 0 Å². The maximum atomic E-state index is 5.47. The number of unbranched alkanes of at least 4 members (excludes halogenated alkanes) is 2. The lowest BCUT2D eigenvalue weighted by Crippen LogP contribution is -2.18. The molecule has 136 valence electrons. The molecule has 0 saturated carbocycles. The van der Waals surface area contributed by atoms with Crippen LogP contribution in [0, 0.1) is 0 Å². The Bertz CT molecular complexity index is 925. The van der Waals surface area contributed by atoms with Gasteiger partial charge in [0.1, 0.15) is 11.5 Å². The van der Waals surface area contributed by atoms with Crippen LogP contribution in [0.5, 0.6) is 11.5 Å². The average Bonchev–Trinajstić information content (AvgIpc) is 3.06. The van der Waals surface area contributed by atoms with Gasteiger partial charge in [-0.05, 0) is 60.9 Å². The predicted molar refractivity (Wildman–Crippen MR) is 107 cm³/mol. The zero-order chi connectivity index (χ0) is 18.1.